The van der Waals surface area contributed by atoms with Crippen molar-refractivity contribution >= 4 is 6.09 Å². The average molecular weight is 275 g/mol. The maximum absolute atomic E-state index is 11.2. The number of nitrogens with zero attached hydrogens (tertiary/aromatic N) is 3. The molecule has 0 saturated carbocycles. The summed E-state index contributed by atoms with van der Waals surface area (Å²) in [6.07, 6.45) is 0.0715. The number of hydrogen-bond acceptors (Lipinski definition) is 3. The Morgan fingerprint density at radius 2 is 2.00 bits per heavy atom. The van der Waals surface area contributed by atoms with E-state index in [1.54, 1.807) is 0 Å². The predicted molar refractivity (Wildman–Crippen MR) is 75.0 cm³/mol. The van der Waals surface area contributed by atoms with Crippen LogP contribution in [0.1, 0.15) is 49.5 Å². The highest BCUT2D eigenvalue weighted by molar-refractivity contribution is 5.66. The molecule has 2 heterocycles. The minimum absolute atomic E-state index is 0.0384. The molecule has 108 valence electrons. The van der Waals surface area contributed by atoms with E-state index in [9.17, 15) is 9.90 Å². The second-order valence-corrected chi connectivity index (χ2v) is 6.99. The van der Waals surface area contributed by atoms with Crippen molar-refractivity contribution in [2.45, 2.75) is 45.4 Å². The quantitative estimate of drug-likeness (QED) is 0.789. The lowest BCUT2D eigenvalue weighted by atomic mass is 9.84. The van der Waals surface area contributed by atoms with Gasteiger partial charge in [-0.3, -0.25) is 0 Å². The molecule has 2 aliphatic rings. The zero-order chi connectivity index (χ0) is 14.7. The zero-order valence-corrected chi connectivity index (χ0v) is 12.5. The number of fused-ring (bicyclic) bond motifs is 3. The van der Waals surface area contributed by atoms with Gasteiger partial charge in [-0.05, 0) is 19.3 Å². The summed E-state index contributed by atoms with van der Waals surface area (Å²) in [4.78, 5) is 22.0. The molecule has 2 unspecified atom stereocenters. The second-order valence-electron chi connectivity index (χ2n) is 6.99. The lowest BCUT2D eigenvalue weighted by Crippen LogP contribution is -2.28. The Labute approximate surface area is 119 Å². The van der Waals surface area contributed by atoms with Gasteiger partial charge in [0.05, 0.1) is 5.69 Å². The molecule has 1 fully saturated rings. The molecule has 1 saturated heterocycles. The number of carboxylic acid groups (broad SMARTS) is 1. The van der Waals surface area contributed by atoms with Crippen molar-refractivity contribution in [1.82, 2.24) is 14.9 Å². The topological polar surface area (TPSA) is 66.3 Å². The van der Waals surface area contributed by atoms with E-state index in [2.05, 4.69) is 30.7 Å². The monoisotopic (exact) mass is 275 g/mol. The van der Waals surface area contributed by atoms with Crippen LogP contribution < -0.4 is 0 Å². The molecule has 1 N–H and O–H groups in total. The third kappa shape index (κ3) is 1.96. The highest BCUT2D eigenvalue weighted by atomic mass is 16.4. The molecule has 1 aromatic rings. The molecule has 1 aliphatic carbocycles. The lowest BCUT2D eigenvalue weighted by Gasteiger charge is -2.24. The molecule has 5 nitrogen and oxygen atoms in total. The van der Waals surface area contributed by atoms with E-state index in [-0.39, 0.29) is 11.3 Å². The van der Waals surface area contributed by atoms with Gasteiger partial charge >= 0.3 is 6.09 Å². The van der Waals surface area contributed by atoms with Crippen LogP contribution in [0, 0.1) is 12.8 Å². The fourth-order valence-electron chi connectivity index (χ4n) is 3.57. The smallest absolute Gasteiger partial charge is 0.407 e. The van der Waals surface area contributed by atoms with E-state index in [0.717, 1.165) is 23.6 Å². The van der Waals surface area contributed by atoms with Gasteiger partial charge in [0.1, 0.15) is 5.82 Å². The van der Waals surface area contributed by atoms with E-state index in [1.165, 1.54) is 10.5 Å². The summed E-state index contributed by atoms with van der Waals surface area (Å²) in [5.74, 6) is 1.47. The number of hydrogen-bond donors (Lipinski definition) is 1. The number of carbonyl (C=O) groups is 1. The van der Waals surface area contributed by atoms with Crippen LogP contribution in [0.25, 0.3) is 0 Å². The lowest BCUT2D eigenvalue weighted by molar-refractivity contribution is 0.153. The first kappa shape index (κ1) is 13.3. The van der Waals surface area contributed by atoms with Crippen molar-refractivity contribution in [3.63, 3.8) is 0 Å². The van der Waals surface area contributed by atoms with Crippen LogP contribution in [-0.2, 0) is 11.8 Å². The number of likely N-dealkylation sites (tertiary alicyclic amines) is 1. The van der Waals surface area contributed by atoms with Crippen molar-refractivity contribution in [3.8, 4) is 0 Å². The minimum Gasteiger partial charge on any atom is -0.465 e. The molecule has 3 rings (SSSR count). The first-order chi connectivity index (χ1) is 9.27. The van der Waals surface area contributed by atoms with Crippen molar-refractivity contribution in [1.29, 1.82) is 0 Å². The number of aromatic nitrogens is 2. The summed E-state index contributed by atoms with van der Waals surface area (Å²) in [5, 5.41) is 9.18. The van der Waals surface area contributed by atoms with E-state index in [1.807, 2.05) is 6.92 Å². The van der Waals surface area contributed by atoms with Gasteiger partial charge < -0.3 is 10.0 Å². The SMILES string of the molecule is Cc1nc2c(c(C(C)(C)C)n1)C1CN(C(=O)O)CC1C2. The van der Waals surface area contributed by atoms with Crippen LogP contribution >= 0.6 is 0 Å². The molecule has 0 radical (unpaired) electrons. The molecule has 1 aromatic heterocycles. The van der Waals surface area contributed by atoms with E-state index >= 15 is 0 Å². The summed E-state index contributed by atoms with van der Waals surface area (Å²) in [6, 6.07) is 0. The second kappa shape index (κ2) is 4.17. The third-order valence-corrected chi connectivity index (χ3v) is 4.38. The van der Waals surface area contributed by atoms with Crippen molar-refractivity contribution in [2.24, 2.45) is 5.92 Å². The van der Waals surface area contributed by atoms with Crippen LogP contribution in [0.2, 0.25) is 0 Å². The first-order valence-electron chi connectivity index (χ1n) is 7.13. The fourth-order valence-corrected chi connectivity index (χ4v) is 3.57. The Kier molecular flexibility index (Phi) is 2.78. The Morgan fingerprint density at radius 3 is 2.60 bits per heavy atom. The van der Waals surface area contributed by atoms with Gasteiger partial charge in [0.2, 0.25) is 0 Å². The van der Waals surface area contributed by atoms with Gasteiger partial charge in [-0.25, -0.2) is 14.8 Å². The minimum atomic E-state index is -0.814. The van der Waals surface area contributed by atoms with Crippen LogP contribution in [0.15, 0.2) is 0 Å². The summed E-state index contributed by atoms with van der Waals surface area (Å²) in [6.45, 7) is 9.62. The Hall–Kier alpha value is -1.65. The van der Waals surface area contributed by atoms with Crippen LogP contribution in [0.5, 0.6) is 0 Å². The number of rotatable bonds is 0. The normalized spacial score (nSPS) is 24.7. The predicted octanol–water partition coefficient (Wildman–Crippen LogP) is 2.33. The summed E-state index contributed by atoms with van der Waals surface area (Å²) < 4.78 is 0. The van der Waals surface area contributed by atoms with Crippen LogP contribution in [-0.4, -0.2) is 39.2 Å². The van der Waals surface area contributed by atoms with Crippen molar-refractivity contribution < 1.29 is 9.90 Å². The standard InChI is InChI=1S/C15H21N3O2/c1-8-16-11-5-9-6-18(14(19)20)7-10(9)12(11)13(17-8)15(2,3)4/h9-10H,5-7H2,1-4H3,(H,19,20). The van der Waals surface area contributed by atoms with Gasteiger partial charge in [0.15, 0.2) is 0 Å². The molecule has 0 aromatic carbocycles. The molecular formula is C15H21N3O2. The number of aryl methyl sites for hydroxylation is 1. The van der Waals surface area contributed by atoms with Gasteiger partial charge in [-0.2, -0.15) is 0 Å². The third-order valence-electron chi connectivity index (χ3n) is 4.38. The Bertz CT molecular complexity index is 577. The highest BCUT2D eigenvalue weighted by Gasteiger charge is 2.45. The molecule has 2 atom stereocenters. The van der Waals surface area contributed by atoms with Gasteiger partial charge in [-0.15, -0.1) is 0 Å². The molecule has 5 heteroatoms. The van der Waals surface area contributed by atoms with Gasteiger partial charge in [0.25, 0.3) is 0 Å². The van der Waals surface area contributed by atoms with Crippen molar-refractivity contribution in [2.75, 3.05) is 13.1 Å². The summed E-state index contributed by atoms with van der Waals surface area (Å²) in [5.41, 5.74) is 3.42. The Balaban J connectivity index is 2.06. The van der Waals surface area contributed by atoms with Crippen LogP contribution in [0.3, 0.4) is 0 Å². The molecule has 1 aliphatic heterocycles. The van der Waals surface area contributed by atoms with Crippen molar-refractivity contribution in [3.05, 3.63) is 22.8 Å². The molecule has 0 bridgehead atoms. The first-order valence-corrected chi connectivity index (χ1v) is 7.13. The highest BCUT2D eigenvalue weighted by Crippen LogP contribution is 2.45. The van der Waals surface area contributed by atoms with Gasteiger partial charge in [0, 0.05) is 35.7 Å². The van der Waals surface area contributed by atoms with E-state index < -0.39 is 6.09 Å². The Morgan fingerprint density at radius 1 is 1.30 bits per heavy atom. The molecule has 1 amide bonds. The van der Waals surface area contributed by atoms with E-state index in [0.29, 0.717) is 19.0 Å². The molecule has 0 spiro atoms. The number of amides is 1. The fraction of sp³-hybridized carbons (Fsp3) is 0.667. The average Bonchev–Trinajstić information content (AvgIpc) is 2.82. The van der Waals surface area contributed by atoms with Gasteiger partial charge in [-0.1, -0.05) is 20.8 Å². The summed E-state index contributed by atoms with van der Waals surface area (Å²) >= 11 is 0. The maximum Gasteiger partial charge on any atom is 0.407 e. The largest absolute Gasteiger partial charge is 0.465 e. The van der Waals surface area contributed by atoms with E-state index in [4.69, 9.17) is 0 Å². The molecular weight excluding hydrogens is 254 g/mol. The maximum atomic E-state index is 11.2. The summed E-state index contributed by atoms with van der Waals surface area (Å²) in [7, 11) is 0. The zero-order valence-electron chi connectivity index (χ0n) is 12.5. The van der Waals surface area contributed by atoms with Crippen LogP contribution in [0.4, 0.5) is 4.79 Å². The molecule has 20 heavy (non-hydrogen) atoms.